The lowest BCUT2D eigenvalue weighted by Gasteiger charge is -2.34. The Kier molecular flexibility index (Phi) is 8.70. The third kappa shape index (κ3) is 4.85. The Balaban J connectivity index is 0.00000149. The van der Waals surface area contributed by atoms with Crippen molar-refractivity contribution in [3.8, 4) is 11.4 Å². The molecule has 1 aliphatic rings. The van der Waals surface area contributed by atoms with Crippen LogP contribution in [-0.2, 0) is 15.1 Å². The molecule has 5 nitrogen and oxygen atoms in total. The Bertz CT molecular complexity index is 1050. The van der Waals surface area contributed by atoms with Crippen LogP contribution < -0.4 is 0 Å². The van der Waals surface area contributed by atoms with Gasteiger partial charge in [-0.3, -0.25) is 4.79 Å². The van der Waals surface area contributed by atoms with Crippen molar-refractivity contribution in [3.05, 3.63) is 77.1 Å². The molecule has 1 atom stereocenters. The minimum atomic E-state index is -0.498. The maximum atomic E-state index is 13.2. The van der Waals surface area contributed by atoms with E-state index in [9.17, 15) is 4.79 Å². The van der Waals surface area contributed by atoms with E-state index in [1.54, 1.807) is 7.11 Å². The van der Waals surface area contributed by atoms with E-state index < -0.39 is 5.54 Å². The van der Waals surface area contributed by atoms with Gasteiger partial charge in [-0.25, -0.2) is 4.98 Å². The maximum absolute atomic E-state index is 13.2. The first-order chi connectivity index (χ1) is 16.1. The van der Waals surface area contributed by atoms with Gasteiger partial charge in [-0.15, -0.1) is 0 Å². The lowest BCUT2D eigenvalue weighted by atomic mass is 9.79. The molecule has 2 heterocycles. The van der Waals surface area contributed by atoms with Crippen molar-refractivity contribution in [1.82, 2.24) is 14.5 Å². The van der Waals surface area contributed by atoms with Crippen LogP contribution in [0.5, 0.6) is 0 Å². The molecule has 1 aliphatic heterocycles. The summed E-state index contributed by atoms with van der Waals surface area (Å²) < 4.78 is 7.43. The van der Waals surface area contributed by atoms with Gasteiger partial charge in [0, 0.05) is 49.6 Å². The molecule has 0 radical (unpaired) electrons. The largest absolute Gasteiger partial charge is 0.383 e. The summed E-state index contributed by atoms with van der Waals surface area (Å²) in [5.41, 5.74) is 2.89. The fraction of sp³-hybridized carbons (Fsp3) is 0.407. The number of carbonyl (C=O) groups is 1. The van der Waals surface area contributed by atoms with Crippen LogP contribution in [0.4, 0.5) is 0 Å². The van der Waals surface area contributed by atoms with Crippen LogP contribution in [0.1, 0.15) is 51.2 Å². The number of rotatable bonds is 9. The third-order valence-electron chi connectivity index (χ3n) is 6.10. The number of imidazole rings is 1. The summed E-state index contributed by atoms with van der Waals surface area (Å²) >= 11 is 6.20. The van der Waals surface area contributed by atoms with Gasteiger partial charge in [-0.2, -0.15) is 0 Å². The molecule has 1 amide bonds. The Labute approximate surface area is 202 Å². The summed E-state index contributed by atoms with van der Waals surface area (Å²) in [5, 5.41) is 0.695. The molecule has 1 aromatic heterocycles. The summed E-state index contributed by atoms with van der Waals surface area (Å²) in [6.07, 6.45) is 5.84. The number of fused-ring (bicyclic) bond motifs is 3. The van der Waals surface area contributed by atoms with Gasteiger partial charge >= 0.3 is 0 Å². The molecule has 2 aromatic carbocycles. The average molecular weight is 468 g/mol. The lowest BCUT2D eigenvalue weighted by molar-refractivity contribution is -0.132. The fourth-order valence-electron chi connectivity index (χ4n) is 4.68. The number of ether oxygens (including phenoxy) is 1. The molecule has 6 heteroatoms. The van der Waals surface area contributed by atoms with E-state index >= 15 is 0 Å². The molecule has 0 fully saturated rings. The fourth-order valence-corrected chi connectivity index (χ4v) is 4.80. The van der Waals surface area contributed by atoms with Gasteiger partial charge in [0.05, 0.1) is 12.1 Å². The van der Waals surface area contributed by atoms with Crippen LogP contribution in [0.25, 0.3) is 11.4 Å². The van der Waals surface area contributed by atoms with Crippen molar-refractivity contribution in [2.75, 3.05) is 26.8 Å². The van der Waals surface area contributed by atoms with Crippen LogP contribution in [0.2, 0.25) is 5.02 Å². The molecule has 1 unspecified atom stereocenters. The van der Waals surface area contributed by atoms with E-state index in [2.05, 4.69) is 46.8 Å². The molecule has 33 heavy (non-hydrogen) atoms. The number of carbonyl (C=O) groups excluding carboxylic acids is 1. The second kappa shape index (κ2) is 11.5. The molecular weight excluding hydrogens is 434 g/mol. The molecular formula is C27H34ClN3O2. The van der Waals surface area contributed by atoms with Gasteiger partial charge in [-0.1, -0.05) is 68.8 Å². The van der Waals surface area contributed by atoms with E-state index in [4.69, 9.17) is 16.3 Å². The first-order valence-electron chi connectivity index (χ1n) is 11.8. The van der Waals surface area contributed by atoms with Gasteiger partial charge in [-0.05, 0) is 36.1 Å². The van der Waals surface area contributed by atoms with Gasteiger partial charge in [0.2, 0.25) is 5.91 Å². The maximum Gasteiger partial charge on any atom is 0.222 e. The Morgan fingerprint density at radius 3 is 2.55 bits per heavy atom. The highest BCUT2D eigenvalue weighted by Gasteiger charge is 2.44. The number of amides is 1. The smallest absolute Gasteiger partial charge is 0.222 e. The minimum Gasteiger partial charge on any atom is -0.383 e. The van der Waals surface area contributed by atoms with E-state index in [1.807, 2.05) is 49.3 Å². The molecule has 3 aromatic rings. The van der Waals surface area contributed by atoms with Crippen LogP contribution in [0.15, 0.2) is 60.9 Å². The molecule has 0 aliphatic carbocycles. The second-order valence-electron chi connectivity index (χ2n) is 7.91. The standard InChI is InChI=1S/C25H28ClN3O2.C2H6/c1-3-15-28(17-18-31-2)23(30)12-13-25(19-8-10-20(26)11-9-19)22-7-5-4-6-21(22)24-27-14-16-29(24)25;1-2/h4-11,14,16H,3,12-13,15,17-18H2,1-2H3;1-2H3. The Morgan fingerprint density at radius 2 is 1.85 bits per heavy atom. The Morgan fingerprint density at radius 1 is 1.12 bits per heavy atom. The minimum absolute atomic E-state index is 0.151. The summed E-state index contributed by atoms with van der Waals surface area (Å²) in [5.74, 6) is 1.08. The van der Waals surface area contributed by atoms with Crippen molar-refractivity contribution in [2.24, 2.45) is 0 Å². The highest BCUT2D eigenvalue weighted by Crippen LogP contribution is 2.49. The normalized spacial score (nSPS) is 15.9. The first kappa shape index (κ1) is 25.0. The number of benzene rings is 2. The zero-order valence-corrected chi connectivity index (χ0v) is 20.8. The van der Waals surface area contributed by atoms with Gasteiger partial charge in [0.1, 0.15) is 5.82 Å². The predicted molar refractivity (Wildman–Crippen MR) is 135 cm³/mol. The third-order valence-corrected chi connectivity index (χ3v) is 6.35. The van der Waals surface area contributed by atoms with E-state index in [-0.39, 0.29) is 5.91 Å². The van der Waals surface area contributed by atoms with Gasteiger partial charge in [0.15, 0.2) is 0 Å². The van der Waals surface area contributed by atoms with E-state index in [0.29, 0.717) is 31.0 Å². The second-order valence-corrected chi connectivity index (χ2v) is 8.34. The number of hydrogen-bond donors (Lipinski definition) is 0. The summed E-state index contributed by atoms with van der Waals surface area (Å²) in [4.78, 5) is 19.8. The average Bonchev–Trinajstić information content (AvgIpc) is 3.43. The molecule has 0 N–H and O–H groups in total. The number of nitrogens with zero attached hydrogens (tertiary/aromatic N) is 3. The number of halogens is 1. The molecule has 4 rings (SSSR count). The summed E-state index contributed by atoms with van der Waals surface area (Å²) in [7, 11) is 1.67. The molecule has 176 valence electrons. The number of methoxy groups -OCH3 is 1. The van der Waals surface area contributed by atoms with Gasteiger partial charge < -0.3 is 14.2 Å². The topological polar surface area (TPSA) is 47.4 Å². The van der Waals surface area contributed by atoms with Gasteiger partial charge in [0.25, 0.3) is 0 Å². The van der Waals surface area contributed by atoms with Crippen LogP contribution in [0, 0.1) is 0 Å². The van der Waals surface area contributed by atoms with E-state index in [0.717, 1.165) is 29.9 Å². The van der Waals surface area contributed by atoms with Crippen molar-refractivity contribution in [2.45, 2.75) is 45.6 Å². The van der Waals surface area contributed by atoms with Crippen molar-refractivity contribution in [1.29, 1.82) is 0 Å². The molecule has 0 saturated carbocycles. The summed E-state index contributed by atoms with van der Waals surface area (Å²) in [6.45, 7) is 7.99. The van der Waals surface area contributed by atoms with Crippen LogP contribution >= 0.6 is 11.6 Å². The monoisotopic (exact) mass is 467 g/mol. The van der Waals surface area contributed by atoms with Crippen LogP contribution in [0.3, 0.4) is 0 Å². The van der Waals surface area contributed by atoms with E-state index in [1.165, 1.54) is 5.56 Å². The molecule has 0 spiro atoms. The van der Waals surface area contributed by atoms with Crippen molar-refractivity contribution in [3.63, 3.8) is 0 Å². The zero-order valence-electron chi connectivity index (χ0n) is 20.1. The zero-order chi connectivity index (χ0) is 23.8. The first-order valence-corrected chi connectivity index (χ1v) is 12.2. The lowest BCUT2D eigenvalue weighted by Crippen LogP contribution is -2.38. The predicted octanol–water partition coefficient (Wildman–Crippen LogP) is 6.00. The number of aromatic nitrogens is 2. The summed E-state index contributed by atoms with van der Waals surface area (Å²) in [6, 6.07) is 16.3. The quantitative estimate of drug-likeness (QED) is 0.387. The SMILES string of the molecule is CC.CCCN(CCOC)C(=O)CCC1(c2ccc(Cl)cc2)c2ccccc2-c2nccn21. The molecule has 0 saturated heterocycles. The van der Waals surface area contributed by atoms with Crippen molar-refractivity contribution < 1.29 is 9.53 Å². The van der Waals surface area contributed by atoms with Crippen LogP contribution in [-0.4, -0.2) is 47.2 Å². The van der Waals surface area contributed by atoms with Crippen molar-refractivity contribution >= 4 is 17.5 Å². The highest BCUT2D eigenvalue weighted by molar-refractivity contribution is 6.30. The highest BCUT2D eigenvalue weighted by atomic mass is 35.5. The number of hydrogen-bond acceptors (Lipinski definition) is 3. The molecule has 0 bridgehead atoms. The Hall–Kier alpha value is -2.63.